The number of ether oxygens (including phenoxy) is 1. The molecule has 1 aliphatic rings. The molecule has 0 spiro atoms. The summed E-state index contributed by atoms with van der Waals surface area (Å²) in [7, 11) is 1.37. The number of imidazole rings is 1. The Kier molecular flexibility index (Phi) is 6.70. The molecule has 4 heterocycles. The van der Waals surface area contributed by atoms with Gasteiger partial charge in [-0.15, -0.1) is 0 Å². The van der Waals surface area contributed by atoms with Gasteiger partial charge in [0.2, 0.25) is 5.82 Å². The monoisotopic (exact) mass is 521 g/mol. The lowest BCUT2D eigenvalue weighted by atomic mass is 10.0. The van der Waals surface area contributed by atoms with Crippen molar-refractivity contribution in [3.05, 3.63) is 59.8 Å². The largest absolute Gasteiger partial charge is 0.453 e. The van der Waals surface area contributed by atoms with Crippen LogP contribution in [-0.2, 0) is 4.74 Å². The van der Waals surface area contributed by atoms with Gasteiger partial charge in [-0.25, -0.2) is 14.2 Å². The Morgan fingerprint density at radius 1 is 1.24 bits per heavy atom. The quantitative estimate of drug-likeness (QED) is 0.419. The van der Waals surface area contributed by atoms with Crippen molar-refractivity contribution in [1.29, 1.82) is 0 Å². The second-order valence-electron chi connectivity index (χ2n) is 9.48. The van der Waals surface area contributed by atoms with E-state index in [1.165, 1.54) is 19.4 Å². The molecular weight excluding hydrogens is 493 g/mol. The van der Waals surface area contributed by atoms with Crippen LogP contribution in [0.3, 0.4) is 0 Å². The summed E-state index contributed by atoms with van der Waals surface area (Å²) in [5.41, 5.74) is 1.86. The Balaban J connectivity index is 1.38. The zero-order valence-corrected chi connectivity index (χ0v) is 21.5. The molecule has 11 nitrogen and oxygen atoms in total. The van der Waals surface area contributed by atoms with E-state index in [-0.39, 0.29) is 41.1 Å². The highest BCUT2D eigenvalue weighted by atomic mass is 19.1. The minimum atomic E-state index is -0.520. The van der Waals surface area contributed by atoms with Crippen molar-refractivity contribution < 1.29 is 23.2 Å². The van der Waals surface area contributed by atoms with Gasteiger partial charge in [0.1, 0.15) is 17.2 Å². The van der Waals surface area contributed by atoms with E-state index in [0.29, 0.717) is 36.5 Å². The van der Waals surface area contributed by atoms with E-state index < -0.39 is 11.7 Å². The molecule has 0 radical (unpaired) electrons. The second-order valence-corrected chi connectivity index (χ2v) is 9.48. The van der Waals surface area contributed by atoms with Gasteiger partial charge in [0.15, 0.2) is 0 Å². The predicted molar refractivity (Wildman–Crippen MR) is 138 cm³/mol. The molecular formula is C26H28FN7O4. The molecule has 0 saturated carbocycles. The molecule has 0 bridgehead atoms. The smallest absolute Gasteiger partial charge is 0.409 e. The molecule has 1 aliphatic heterocycles. The minimum absolute atomic E-state index is 0.107. The summed E-state index contributed by atoms with van der Waals surface area (Å²) in [4.78, 5) is 37.5. The van der Waals surface area contributed by atoms with Crippen molar-refractivity contribution in [3.8, 4) is 11.4 Å². The third kappa shape index (κ3) is 4.64. The van der Waals surface area contributed by atoms with Gasteiger partial charge in [-0.1, -0.05) is 25.1 Å². The second kappa shape index (κ2) is 10.1. The Hall–Kier alpha value is -4.48. The zero-order valence-electron chi connectivity index (χ0n) is 21.5. The highest BCUT2D eigenvalue weighted by molar-refractivity contribution is 6.04. The first-order valence-electron chi connectivity index (χ1n) is 12.2. The topological polar surface area (TPSA) is 118 Å². The fourth-order valence-corrected chi connectivity index (χ4v) is 4.58. The number of piperazine rings is 1. The number of hydrogen-bond donors (Lipinski definition) is 1. The molecule has 0 aliphatic carbocycles. The maximum atomic E-state index is 14.9. The third-order valence-electron chi connectivity index (χ3n) is 6.78. The van der Waals surface area contributed by atoms with Crippen molar-refractivity contribution in [3.63, 3.8) is 0 Å². The van der Waals surface area contributed by atoms with Gasteiger partial charge in [-0.05, 0) is 37.1 Å². The molecule has 12 heteroatoms. The van der Waals surface area contributed by atoms with E-state index in [1.54, 1.807) is 40.6 Å². The summed E-state index contributed by atoms with van der Waals surface area (Å²) in [6.07, 6.45) is 2.83. The summed E-state index contributed by atoms with van der Waals surface area (Å²) in [5, 5.41) is 6.84. The fourth-order valence-electron chi connectivity index (χ4n) is 4.58. The summed E-state index contributed by atoms with van der Waals surface area (Å²) >= 11 is 0. The lowest BCUT2D eigenvalue weighted by molar-refractivity contribution is 0.0852. The molecule has 198 valence electrons. The number of benzene rings is 1. The number of hydrogen-bond acceptors (Lipinski definition) is 8. The lowest BCUT2D eigenvalue weighted by Crippen LogP contribution is -2.57. The van der Waals surface area contributed by atoms with Gasteiger partial charge in [-0.3, -0.25) is 9.20 Å². The molecule has 1 aromatic carbocycles. The van der Waals surface area contributed by atoms with Crippen molar-refractivity contribution in [2.24, 2.45) is 5.92 Å². The predicted octanol–water partition coefficient (Wildman–Crippen LogP) is 4.00. The van der Waals surface area contributed by atoms with Gasteiger partial charge in [0, 0.05) is 42.6 Å². The molecule has 1 fully saturated rings. The van der Waals surface area contributed by atoms with E-state index in [4.69, 9.17) is 9.26 Å². The molecule has 38 heavy (non-hydrogen) atoms. The highest BCUT2D eigenvalue weighted by Crippen LogP contribution is 2.29. The van der Waals surface area contributed by atoms with Crippen molar-refractivity contribution in [2.45, 2.75) is 26.8 Å². The van der Waals surface area contributed by atoms with Gasteiger partial charge in [-0.2, -0.15) is 4.98 Å². The molecule has 5 rings (SSSR count). The first kappa shape index (κ1) is 25.2. The van der Waals surface area contributed by atoms with E-state index in [9.17, 15) is 14.0 Å². The van der Waals surface area contributed by atoms with Crippen LogP contribution in [0.4, 0.5) is 20.9 Å². The van der Waals surface area contributed by atoms with Crippen LogP contribution < -0.4 is 10.2 Å². The minimum Gasteiger partial charge on any atom is -0.453 e. The number of nitrogens with zero attached hydrogens (tertiary/aromatic N) is 6. The average molecular weight is 522 g/mol. The summed E-state index contributed by atoms with van der Waals surface area (Å²) in [5.74, 6) is -0.598. The van der Waals surface area contributed by atoms with Crippen molar-refractivity contribution in [1.82, 2.24) is 24.4 Å². The SMILES string of the molecule is COC(=O)N1CCN(c2nc(-c3cc(F)c(C)c(NC(=O)c4cnc5ccccn45)c3)no2)CC1C(C)C. The number of nitrogens with one attached hydrogen (secondary N) is 1. The number of anilines is 2. The number of carbonyl (C=O) groups excluding carboxylic acids is 2. The highest BCUT2D eigenvalue weighted by Gasteiger charge is 2.35. The molecule has 3 aromatic heterocycles. The van der Waals surface area contributed by atoms with Gasteiger partial charge in [0.25, 0.3) is 5.91 Å². The van der Waals surface area contributed by atoms with Crippen LogP contribution >= 0.6 is 0 Å². The van der Waals surface area contributed by atoms with Gasteiger partial charge >= 0.3 is 12.1 Å². The van der Waals surface area contributed by atoms with E-state index in [1.807, 2.05) is 24.8 Å². The number of rotatable bonds is 5. The average Bonchev–Trinajstić information content (AvgIpc) is 3.58. The summed E-state index contributed by atoms with van der Waals surface area (Å²) in [6.45, 7) is 7.03. The number of methoxy groups -OCH3 is 1. The van der Waals surface area contributed by atoms with E-state index >= 15 is 0 Å². The van der Waals surface area contributed by atoms with Crippen LogP contribution in [0.5, 0.6) is 0 Å². The standard InChI is InChI=1S/C26H28FN7O4/c1-15(2)21-14-32(9-10-34(21)26(36)37-4)25-30-23(31-38-25)17-11-18(27)16(3)19(12-17)29-24(35)20-13-28-22-7-5-6-8-33(20)22/h5-8,11-13,15,21H,9-10,14H2,1-4H3,(H,29,35). The van der Waals surface area contributed by atoms with Crippen LogP contribution in [-0.4, -0.2) is 69.2 Å². The third-order valence-corrected chi connectivity index (χ3v) is 6.78. The van der Waals surface area contributed by atoms with Gasteiger partial charge in [0.05, 0.1) is 19.3 Å². The number of pyridine rings is 1. The maximum Gasteiger partial charge on any atom is 0.409 e. The molecule has 4 aromatic rings. The maximum absolute atomic E-state index is 14.9. The van der Waals surface area contributed by atoms with Crippen molar-refractivity contribution >= 4 is 29.3 Å². The molecule has 1 saturated heterocycles. The number of halogens is 1. The van der Waals surface area contributed by atoms with E-state index in [2.05, 4.69) is 20.4 Å². The number of carbonyl (C=O) groups is 2. The molecule has 1 N–H and O–H groups in total. The number of amides is 2. The number of aromatic nitrogens is 4. The Bertz CT molecular complexity index is 1500. The van der Waals surface area contributed by atoms with E-state index in [0.717, 1.165) is 0 Å². The summed E-state index contributed by atoms with van der Waals surface area (Å²) < 4.78 is 27.0. The molecule has 1 unspecified atom stereocenters. The van der Waals surface area contributed by atoms with Gasteiger partial charge < -0.3 is 24.4 Å². The van der Waals surface area contributed by atoms with Crippen LogP contribution in [0.25, 0.3) is 17.0 Å². The fraction of sp³-hybridized carbons (Fsp3) is 0.346. The molecule has 1 atom stereocenters. The van der Waals surface area contributed by atoms with Crippen LogP contribution in [0.2, 0.25) is 0 Å². The lowest BCUT2D eigenvalue weighted by Gasteiger charge is -2.41. The summed E-state index contributed by atoms with van der Waals surface area (Å²) in [6, 6.07) is 8.49. The first-order valence-corrected chi connectivity index (χ1v) is 12.2. The number of fused-ring (bicyclic) bond motifs is 1. The normalized spacial score (nSPS) is 15.8. The molecule has 2 amide bonds. The Morgan fingerprint density at radius 2 is 2.05 bits per heavy atom. The van der Waals surface area contributed by atoms with Crippen LogP contribution in [0, 0.1) is 18.7 Å². The Labute approximate surface area is 218 Å². The zero-order chi connectivity index (χ0) is 27.0. The van der Waals surface area contributed by atoms with Crippen molar-refractivity contribution in [2.75, 3.05) is 37.0 Å². The van der Waals surface area contributed by atoms with Crippen LogP contribution in [0.1, 0.15) is 29.9 Å². The first-order chi connectivity index (χ1) is 18.3. The Morgan fingerprint density at radius 3 is 2.82 bits per heavy atom. The van der Waals surface area contributed by atoms with Crippen LogP contribution in [0.15, 0.2) is 47.2 Å².